The Bertz CT molecular complexity index is 973. The average Bonchev–Trinajstić information content (AvgIpc) is 2.95. The van der Waals surface area contributed by atoms with Gasteiger partial charge in [-0.15, -0.1) is 6.26 Å². The average molecular weight is 403 g/mol. The molecule has 0 radical (unpaired) electrons. The van der Waals surface area contributed by atoms with Gasteiger partial charge in [-0.2, -0.15) is 0 Å². The van der Waals surface area contributed by atoms with E-state index in [1.165, 1.54) is 12.1 Å². The predicted octanol–water partition coefficient (Wildman–Crippen LogP) is -2.05. The zero-order valence-electron chi connectivity index (χ0n) is 16.3. The SMILES string of the molecule is Cc1ccc(OCC(=O)Nc2ccc(N3NC(=O)/C(=C/[O-])C3=O)cc2)c(C)c1.[Na+]. The van der Waals surface area contributed by atoms with E-state index in [0.717, 1.165) is 16.1 Å². The quantitative estimate of drug-likeness (QED) is 0.258. The summed E-state index contributed by atoms with van der Waals surface area (Å²) in [5.74, 6) is -1.17. The van der Waals surface area contributed by atoms with Gasteiger partial charge in [-0.3, -0.25) is 19.8 Å². The maximum atomic E-state index is 12.1. The number of aryl methyl sites for hydroxylation is 2. The van der Waals surface area contributed by atoms with Gasteiger partial charge < -0.3 is 15.2 Å². The monoisotopic (exact) mass is 403 g/mol. The van der Waals surface area contributed by atoms with E-state index in [4.69, 9.17) is 4.74 Å². The van der Waals surface area contributed by atoms with Crippen molar-refractivity contribution in [3.05, 3.63) is 65.4 Å². The number of nitrogens with one attached hydrogen (secondary N) is 2. The molecule has 3 amide bonds. The van der Waals surface area contributed by atoms with Crippen LogP contribution in [0.1, 0.15) is 11.1 Å². The predicted molar refractivity (Wildman–Crippen MR) is 100 cm³/mol. The largest absolute Gasteiger partial charge is 1.00 e. The zero-order valence-corrected chi connectivity index (χ0v) is 18.3. The standard InChI is InChI=1S/C20H19N3O5.Na/c1-12-3-8-17(13(2)9-12)28-11-18(25)21-14-4-6-15(7-5-14)23-20(27)16(10-24)19(26)22-23;/h3-10,24H,11H2,1-2H3,(H,21,25)(H,22,26);/q;+1/p-1/b16-10-;. The molecule has 2 N–H and O–H groups in total. The summed E-state index contributed by atoms with van der Waals surface area (Å²) in [6.45, 7) is 3.74. The van der Waals surface area contributed by atoms with E-state index in [9.17, 15) is 19.5 Å². The number of amides is 3. The van der Waals surface area contributed by atoms with Crippen LogP contribution < -0.4 is 55.2 Å². The number of rotatable bonds is 5. The first-order valence-corrected chi connectivity index (χ1v) is 8.46. The molecule has 0 aliphatic carbocycles. The van der Waals surface area contributed by atoms with Crippen LogP contribution >= 0.6 is 0 Å². The normalized spacial score (nSPS) is 14.4. The van der Waals surface area contributed by atoms with Crippen molar-refractivity contribution in [2.24, 2.45) is 0 Å². The molecule has 8 nitrogen and oxygen atoms in total. The third-order valence-corrected chi connectivity index (χ3v) is 4.11. The molecule has 0 bridgehead atoms. The number of hydrogen-bond donors (Lipinski definition) is 2. The second kappa shape index (κ2) is 9.60. The van der Waals surface area contributed by atoms with Crippen LogP contribution in [-0.4, -0.2) is 24.3 Å². The molecule has 0 unspecified atom stereocenters. The van der Waals surface area contributed by atoms with Crippen molar-refractivity contribution < 1.29 is 53.8 Å². The second-order valence-electron chi connectivity index (χ2n) is 6.27. The number of anilines is 2. The number of benzene rings is 2. The molecule has 3 rings (SSSR count). The minimum atomic E-state index is -0.749. The Hall–Kier alpha value is -2.81. The molecule has 9 heteroatoms. The van der Waals surface area contributed by atoms with E-state index >= 15 is 0 Å². The van der Waals surface area contributed by atoms with Crippen molar-refractivity contribution >= 4 is 29.1 Å². The number of carbonyl (C=O) groups is 3. The van der Waals surface area contributed by atoms with Crippen molar-refractivity contribution in [3.8, 4) is 5.75 Å². The Kier molecular flexibility index (Phi) is 7.44. The molecule has 1 saturated heterocycles. The van der Waals surface area contributed by atoms with Gasteiger partial charge in [-0.25, -0.2) is 5.01 Å². The smallest absolute Gasteiger partial charge is 0.877 e. The van der Waals surface area contributed by atoms with E-state index in [1.807, 2.05) is 32.0 Å². The summed E-state index contributed by atoms with van der Waals surface area (Å²) in [6.07, 6.45) is 0.224. The van der Waals surface area contributed by atoms with Gasteiger partial charge in [0.15, 0.2) is 6.61 Å². The summed E-state index contributed by atoms with van der Waals surface area (Å²) in [5.41, 5.74) is 4.75. The Labute approximate surface area is 189 Å². The van der Waals surface area contributed by atoms with Crippen molar-refractivity contribution in [3.63, 3.8) is 0 Å². The molecule has 1 aliphatic heterocycles. The van der Waals surface area contributed by atoms with E-state index in [1.54, 1.807) is 12.1 Å². The van der Waals surface area contributed by atoms with Gasteiger partial charge in [0.05, 0.1) is 11.3 Å². The van der Waals surface area contributed by atoms with Crippen LogP contribution in [0.5, 0.6) is 5.75 Å². The van der Waals surface area contributed by atoms with Crippen LogP contribution in [0.15, 0.2) is 54.3 Å². The maximum absolute atomic E-state index is 12.1. The van der Waals surface area contributed by atoms with Crippen LogP contribution in [-0.2, 0) is 14.4 Å². The summed E-state index contributed by atoms with van der Waals surface area (Å²) in [6, 6.07) is 11.9. The van der Waals surface area contributed by atoms with E-state index in [2.05, 4.69) is 10.7 Å². The van der Waals surface area contributed by atoms with Crippen LogP contribution in [0.25, 0.3) is 0 Å². The third kappa shape index (κ3) is 5.17. The Morgan fingerprint density at radius 2 is 1.86 bits per heavy atom. The summed E-state index contributed by atoms with van der Waals surface area (Å²) in [4.78, 5) is 35.6. The van der Waals surface area contributed by atoms with E-state index < -0.39 is 17.4 Å². The molecule has 1 heterocycles. The van der Waals surface area contributed by atoms with Gasteiger partial charge in [0.2, 0.25) is 0 Å². The molecule has 0 aromatic heterocycles. The van der Waals surface area contributed by atoms with Crippen LogP contribution in [0, 0.1) is 13.8 Å². The molecule has 29 heavy (non-hydrogen) atoms. The first-order chi connectivity index (χ1) is 13.4. The molecule has 2 aromatic carbocycles. The van der Waals surface area contributed by atoms with Gasteiger partial charge >= 0.3 is 29.6 Å². The number of hydrazine groups is 1. The fourth-order valence-corrected chi connectivity index (χ4v) is 2.71. The summed E-state index contributed by atoms with van der Waals surface area (Å²) in [7, 11) is 0. The van der Waals surface area contributed by atoms with Crippen LogP contribution in [0.4, 0.5) is 11.4 Å². The summed E-state index contributed by atoms with van der Waals surface area (Å²) < 4.78 is 5.53. The number of carbonyl (C=O) groups excluding carboxylic acids is 3. The fourth-order valence-electron chi connectivity index (χ4n) is 2.71. The van der Waals surface area contributed by atoms with Crippen molar-refractivity contribution in [1.29, 1.82) is 0 Å². The van der Waals surface area contributed by atoms with Gasteiger partial charge in [0, 0.05) is 5.69 Å². The molecule has 1 aliphatic rings. The Morgan fingerprint density at radius 3 is 2.45 bits per heavy atom. The summed E-state index contributed by atoms with van der Waals surface area (Å²) >= 11 is 0. The molecular formula is C20H18N3NaO5. The number of ether oxygens (including phenoxy) is 1. The minimum absolute atomic E-state index is 0. The topological polar surface area (TPSA) is 111 Å². The van der Waals surface area contributed by atoms with Gasteiger partial charge in [0.25, 0.3) is 17.7 Å². The van der Waals surface area contributed by atoms with E-state index in [0.29, 0.717) is 17.1 Å². The third-order valence-electron chi connectivity index (χ3n) is 4.11. The van der Waals surface area contributed by atoms with Crippen LogP contribution in [0.2, 0.25) is 0 Å². The number of hydrogen-bond acceptors (Lipinski definition) is 5. The molecule has 0 saturated carbocycles. The fraction of sp³-hybridized carbons (Fsp3) is 0.150. The molecular weight excluding hydrogens is 385 g/mol. The first kappa shape index (κ1) is 22.5. The molecule has 2 aromatic rings. The summed E-state index contributed by atoms with van der Waals surface area (Å²) in [5, 5.41) is 14.4. The maximum Gasteiger partial charge on any atom is 1.00 e. The van der Waals surface area contributed by atoms with E-state index in [-0.39, 0.29) is 48.3 Å². The van der Waals surface area contributed by atoms with Crippen molar-refractivity contribution in [2.45, 2.75) is 13.8 Å². The van der Waals surface area contributed by atoms with Crippen LogP contribution in [0.3, 0.4) is 0 Å². The van der Waals surface area contributed by atoms with Gasteiger partial charge in [-0.05, 0) is 49.7 Å². The molecule has 0 spiro atoms. The van der Waals surface area contributed by atoms with Gasteiger partial charge in [0.1, 0.15) is 5.75 Å². The zero-order chi connectivity index (χ0) is 20.3. The number of nitrogens with zero attached hydrogens (tertiary/aromatic N) is 1. The van der Waals surface area contributed by atoms with Gasteiger partial charge in [-0.1, -0.05) is 17.7 Å². The Balaban J connectivity index is 0.00000300. The molecule has 0 atom stereocenters. The van der Waals surface area contributed by atoms with Crippen molar-refractivity contribution in [2.75, 3.05) is 16.9 Å². The van der Waals surface area contributed by atoms with Crippen molar-refractivity contribution in [1.82, 2.24) is 5.43 Å². The first-order valence-electron chi connectivity index (χ1n) is 8.46. The molecule has 144 valence electrons. The second-order valence-corrected chi connectivity index (χ2v) is 6.27. The minimum Gasteiger partial charge on any atom is -0.877 e. The Morgan fingerprint density at radius 1 is 1.17 bits per heavy atom. The molecule has 1 fully saturated rings.